The number of aromatic nitrogens is 3. The normalized spacial score (nSPS) is 10.2. The van der Waals surface area contributed by atoms with Crippen LogP contribution in [0.25, 0.3) is 0 Å². The van der Waals surface area contributed by atoms with Crippen LogP contribution in [0.15, 0.2) is 18.3 Å². The molecule has 0 aliphatic carbocycles. The van der Waals surface area contributed by atoms with Crippen LogP contribution in [0.1, 0.15) is 27.6 Å². The lowest BCUT2D eigenvalue weighted by molar-refractivity contribution is 0.0964. The van der Waals surface area contributed by atoms with Crippen LogP contribution >= 0.6 is 0 Å². The Bertz CT molecular complexity index is 756. The van der Waals surface area contributed by atoms with E-state index >= 15 is 0 Å². The van der Waals surface area contributed by atoms with E-state index in [1.807, 2.05) is 6.92 Å². The molecule has 9 nitrogen and oxygen atoms in total. The van der Waals surface area contributed by atoms with E-state index in [4.69, 9.17) is 9.47 Å². The van der Waals surface area contributed by atoms with Gasteiger partial charge in [-0.05, 0) is 13.0 Å². The van der Waals surface area contributed by atoms with Crippen LogP contribution in [0.2, 0.25) is 0 Å². The highest BCUT2D eigenvalue weighted by molar-refractivity contribution is 6.09. The monoisotopic (exact) mass is 333 g/mol. The highest BCUT2D eigenvalue weighted by Gasteiger charge is 2.21. The van der Waals surface area contributed by atoms with Gasteiger partial charge in [-0.25, -0.2) is 4.68 Å². The largest absolute Gasteiger partial charge is 0.481 e. The van der Waals surface area contributed by atoms with Gasteiger partial charge in [0, 0.05) is 19.7 Å². The highest BCUT2D eigenvalue weighted by Crippen LogP contribution is 2.22. The van der Waals surface area contributed by atoms with Crippen LogP contribution in [-0.4, -0.2) is 47.8 Å². The maximum atomic E-state index is 12.6. The second-order valence-corrected chi connectivity index (χ2v) is 4.67. The van der Waals surface area contributed by atoms with Crippen LogP contribution in [0, 0.1) is 0 Å². The number of aryl methyl sites for hydroxylation is 1. The lowest BCUT2D eigenvalue weighted by Gasteiger charge is -2.12. The van der Waals surface area contributed by atoms with E-state index in [0.29, 0.717) is 18.2 Å². The molecular weight excluding hydrogens is 314 g/mol. The molecule has 2 aromatic rings. The van der Waals surface area contributed by atoms with Gasteiger partial charge in [-0.15, -0.1) is 0 Å². The van der Waals surface area contributed by atoms with Crippen molar-refractivity contribution in [1.82, 2.24) is 20.1 Å². The van der Waals surface area contributed by atoms with Gasteiger partial charge in [0.2, 0.25) is 11.8 Å². The molecule has 0 spiro atoms. The third-order valence-corrected chi connectivity index (χ3v) is 3.32. The van der Waals surface area contributed by atoms with E-state index < -0.39 is 5.91 Å². The first-order valence-electron chi connectivity index (χ1n) is 7.23. The number of ether oxygens (including phenoxy) is 2. The fourth-order valence-corrected chi connectivity index (χ4v) is 2.10. The average molecular weight is 333 g/mol. The minimum Gasteiger partial charge on any atom is -0.481 e. The van der Waals surface area contributed by atoms with Crippen LogP contribution < -0.4 is 20.1 Å². The van der Waals surface area contributed by atoms with Gasteiger partial charge in [-0.2, -0.15) is 10.1 Å². The fraction of sp³-hybridized carbons (Fsp3) is 0.333. The fourth-order valence-electron chi connectivity index (χ4n) is 2.10. The maximum Gasteiger partial charge on any atom is 0.262 e. The van der Waals surface area contributed by atoms with Gasteiger partial charge in [-0.3, -0.25) is 9.59 Å². The van der Waals surface area contributed by atoms with Gasteiger partial charge in [0.05, 0.1) is 20.4 Å². The first kappa shape index (κ1) is 17.3. The molecule has 0 aromatic carbocycles. The summed E-state index contributed by atoms with van der Waals surface area (Å²) in [4.78, 5) is 28.6. The minimum atomic E-state index is -0.470. The van der Waals surface area contributed by atoms with Crippen molar-refractivity contribution >= 4 is 17.6 Å². The molecule has 0 bridgehead atoms. The van der Waals surface area contributed by atoms with Gasteiger partial charge >= 0.3 is 0 Å². The molecule has 0 aliphatic heterocycles. The zero-order valence-corrected chi connectivity index (χ0v) is 13.9. The zero-order chi connectivity index (χ0) is 17.7. The van der Waals surface area contributed by atoms with Crippen molar-refractivity contribution in [3.8, 4) is 11.8 Å². The molecule has 24 heavy (non-hydrogen) atoms. The number of nitrogens with zero attached hydrogens (tertiary/aromatic N) is 3. The molecule has 2 heterocycles. The molecule has 0 aliphatic rings. The van der Waals surface area contributed by atoms with E-state index in [1.54, 1.807) is 6.07 Å². The average Bonchev–Trinajstić information content (AvgIpc) is 3.02. The van der Waals surface area contributed by atoms with Crippen molar-refractivity contribution in [2.45, 2.75) is 13.5 Å². The van der Waals surface area contributed by atoms with E-state index in [1.165, 1.54) is 38.2 Å². The molecule has 2 N–H and O–H groups in total. The van der Waals surface area contributed by atoms with Crippen molar-refractivity contribution in [2.75, 3.05) is 26.6 Å². The summed E-state index contributed by atoms with van der Waals surface area (Å²) in [5.74, 6) is -0.0594. The van der Waals surface area contributed by atoms with Crippen molar-refractivity contribution in [1.29, 1.82) is 0 Å². The number of carbonyl (C=O) groups excluding carboxylic acids is 2. The molecule has 0 radical (unpaired) electrons. The van der Waals surface area contributed by atoms with Crippen LogP contribution in [0.3, 0.4) is 0 Å². The number of anilines is 1. The SMILES string of the molecule is CCn1ncc(C(=O)NC)c1NC(=O)c1ccc(OC)nc1OC. The summed E-state index contributed by atoms with van der Waals surface area (Å²) in [5, 5.41) is 9.30. The predicted octanol–water partition coefficient (Wildman–Crippen LogP) is 0.927. The highest BCUT2D eigenvalue weighted by atomic mass is 16.5. The molecule has 0 saturated carbocycles. The Morgan fingerprint density at radius 3 is 2.50 bits per heavy atom. The standard InChI is InChI=1S/C15H19N5O4/c1-5-20-12(10(8-17-20)13(21)16-2)19-14(22)9-6-7-11(23-3)18-15(9)24-4/h6-8H,5H2,1-4H3,(H,16,21)(H,19,22). The summed E-state index contributed by atoms with van der Waals surface area (Å²) in [6.07, 6.45) is 1.40. The summed E-state index contributed by atoms with van der Waals surface area (Å²) in [5.41, 5.74) is 0.484. The van der Waals surface area contributed by atoms with Crippen molar-refractivity contribution in [3.63, 3.8) is 0 Å². The van der Waals surface area contributed by atoms with Crippen molar-refractivity contribution in [3.05, 3.63) is 29.5 Å². The topological polar surface area (TPSA) is 107 Å². The summed E-state index contributed by atoms with van der Waals surface area (Å²) in [6.45, 7) is 2.34. The second-order valence-electron chi connectivity index (χ2n) is 4.67. The molecule has 2 rings (SSSR count). The summed E-state index contributed by atoms with van der Waals surface area (Å²) >= 11 is 0. The Hall–Kier alpha value is -3.10. The molecule has 2 aromatic heterocycles. The lowest BCUT2D eigenvalue weighted by Crippen LogP contribution is -2.22. The second kappa shape index (κ2) is 7.44. The smallest absolute Gasteiger partial charge is 0.262 e. The molecular formula is C15H19N5O4. The molecule has 0 unspecified atom stereocenters. The van der Waals surface area contributed by atoms with Crippen LogP contribution in [0.4, 0.5) is 5.82 Å². The third kappa shape index (κ3) is 3.29. The molecule has 0 fully saturated rings. The van der Waals surface area contributed by atoms with Gasteiger partial charge in [-0.1, -0.05) is 0 Å². The van der Waals surface area contributed by atoms with Gasteiger partial charge in [0.1, 0.15) is 16.9 Å². The Labute approximate surface area is 139 Å². The van der Waals surface area contributed by atoms with Gasteiger partial charge in [0.25, 0.3) is 11.8 Å². The molecule has 2 amide bonds. The molecule has 9 heteroatoms. The Balaban J connectivity index is 2.36. The zero-order valence-electron chi connectivity index (χ0n) is 13.9. The Morgan fingerprint density at radius 1 is 1.17 bits per heavy atom. The summed E-state index contributed by atoms with van der Waals surface area (Å²) < 4.78 is 11.7. The summed E-state index contributed by atoms with van der Waals surface area (Å²) in [6, 6.07) is 3.08. The number of carbonyl (C=O) groups is 2. The number of hydrogen-bond donors (Lipinski definition) is 2. The van der Waals surface area contributed by atoms with Gasteiger partial charge in [0.15, 0.2) is 0 Å². The number of nitrogens with one attached hydrogen (secondary N) is 2. The first-order valence-corrected chi connectivity index (χ1v) is 7.23. The number of pyridine rings is 1. The Kier molecular flexibility index (Phi) is 5.35. The van der Waals surface area contributed by atoms with Crippen LogP contribution in [-0.2, 0) is 6.54 Å². The maximum absolute atomic E-state index is 12.6. The third-order valence-electron chi connectivity index (χ3n) is 3.32. The molecule has 128 valence electrons. The lowest BCUT2D eigenvalue weighted by atomic mass is 10.2. The number of hydrogen-bond acceptors (Lipinski definition) is 6. The molecule has 0 atom stereocenters. The molecule has 0 saturated heterocycles. The Morgan fingerprint density at radius 2 is 1.92 bits per heavy atom. The quantitative estimate of drug-likeness (QED) is 0.814. The van der Waals surface area contributed by atoms with Crippen molar-refractivity contribution in [2.24, 2.45) is 0 Å². The number of rotatable bonds is 6. The first-order chi connectivity index (χ1) is 11.5. The van der Waals surface area contributed by atoms with Gasteiger partial charge < -0.3 is 20.1 Å². The van der Waals surface area contributed by atoms with E-state index in [2.05, 4.69) is 20.7 Å². The van der Waals surface area contributed by atoms with Crippen molar-refractivity contribution < 1.29 is 19.1 Å². The van der Waals surface area contributed by atoms with E-state index in [0.717, 1.165) is 0 Å². The van der Waals surface area contributed by atoms with Crippen LogP contribution in [0.5, 0.6) is 11.8 Å². The minimum absolute atomic E-state index is 0.121. The number of amides is 2. The van der Waals surface area contributed by atoms with E-state index in [9.17, 15) is 9.59 Å². The number of methoxy groups -OCH3 is 2. The summed E-state index contributed by atoms with van der Waals surface area (Å²) in [7, 11) is 4.38. The predicted molar refractivity (Wildman–Crippen MR) is 86.6 cm³/mol. The van der Waals surface area contributed by atoms with E-state index in [-0.39, 0.29) is 22.9 Å².